The molecule has 0 spiro atoms. The van der Waals surface area contributed by atoms with Gasteiger partial charge in [-0.1, -0.05) is 38.8 Å². The summed E-state index contributed by atoms with van der Waals surface area (Å²) in [5.41, 5.74) is -0.418. The first-order chi connectivity index (χ1) is 15.7. The number of likely N-dealkylation sites (N-methyl/N-ethyl adjacent to an activating group) is 1. The molecule has 0 unspecified atom stereocenters. The van der Waals surface area contributed by atoms with E-state index in [0.717, 1.165) is 31.8 Å². The predicted molar refractivity (Wildman–Crippen MR) is 125 cm³/mol. The van der Waals surface area contributed by atoms with Gasteiger partial charge in [-0.15, -0.1) is 0 Å². The van der Waals surface area contributed by atoms with E-state index >= 15 is 0 Å². The lowest BCUT2D eigenvalue weighted by atomic mass is 9.50. The topological polar surface area (TPSA) is 121 Å². The van der Waals surface area contributed by atoms with Crippen LogP contribution in [0.5, 0.6) is 0 Å². The number of rotatable bonds is 5. The van der Waals surface area contributed by atoms with Crippen molar-refractivity contribution in [3.63, 3.8) is 0 Å². The number of amides is 1. The number of aliphatic hydroxyl groups is 1. The summed E-state index contributed by atoms with van der Waals surface area (Å²) in [6.45, 7) is 10.4. The molecular weight excluding hydrogens is 438 g/mol. The fourth-order valence-electron chi connectivity index (χ4n) is 6.85. The molecule has 1 amide bonds. The lowest BCUT2D eigenvalue weighted by Crippen LogP contribution is -2.52. The summed E-state index contributed by atoms with van der Waals surface area (Å²) in [5.74, 6) is -3.95. The minimum atomic E-state index is -1.43. The van der Waals surface area contributed by atoms with Gasteiger partial charge in [-0.25, -0.2) is 4.79 Å². The highest BCUT2D eigenvalue weighted by Crippen LogP contribution is 2.60. The molecule has 1 saturated carbocycles. The summed E-state index contributed by atoms with van der Waals surface area (Å²) in [4.78, 5) is 51.2. The first kappa shape index (κ1) is 26.0. The molecule has 0 aromatic rings. The molecule has 0 aromatic heterocycles. The van der Waals surface area contributed by atoms with Gasteiger partial charge in [0.25, 0.3) is 5.91 Å². The van der Waals surface area contributed by atoms with Crippen molar-refractivity contribution in [2.24, 2.45) is 35.0 Å². The Hall–Kier alpha value is -2.64. The number of fused-ring (bicyclic) bond motifs is 1. The molecular formula is C26H37NO7. The predicted octanol–water partition coefficient (Wildman–Crippen LogP) is 3.52. The van der Waals surface area contributed by atoms with Crippen molar-refractivity contribution in [2.45, 2.75) is 73.0 Å². The zero-order valence-electron chi connectivity index (χ0n) is 21.1. The van der Waals surface area contributed by atoms with E-state index in [2.05, 4.69) is 13.0 Å². The number of carbonyl (C=O) groups excluding carboxylic acids is 3. The number of hydrogen-bond acceptors (Lipinski definition) is 6. The highest BCUT2D eigenvalue weighted by molar-refractivity contribution is 6.26. The molecule has 0 bridgehead atoms. The van der Waals surface area contributed by atoms with Crippen molar-refractivity contribution < 1.29 is 34.1 Å². The highest BCUT2D eigenvalue weighted by atomic mass is 16.6. The number of aliphatic hydroxyl groups excluding tert-OH is 1. The van der Waals surface area contributed by atoms with E-state index in [1.165, 1.54) is 11.9 Å². The molecule has 8 atom stereocenters. The average molecular weight is 476 g/mol. The third kappa shape index (κ3) is 4.05. The Kier molecular flexibility index (Phi) is 7.02. The fourth-order valence-corrected chi connectivity index (χ4v) is 6.85. The van der Waals surface area contributed by atoms with Gasteiger partial charge < -0.3 is 19.8 Å². The van der Waals surface area contributed by atoms with Crippen LogP contribution in [-0.4, -0.2) is 57.9 Å². The maximum atomic E-state index is 13.1. The van der Waals surface area contributed by atoms with Crippen molar-refractivity contribution in [3.05, 3.63) is 23.0 Å². The van der Waals surface area contributed by atoms with Crippen LogP contribution in [0.1, 0.15) is 60.8 Å². The zero-order chi connectivity index (χ0) is 25.7. The number of allylic oxidation sites excluding steroid dienone is 3. The summed E-state index contributed by atoms with van der Waals surface area (Å²) in [7, 11) is 1.53. The Labute approximate surface area is 201 Å². The van der Waals surface area contributed by atoms with E-state index in [-0.39, 0.29) is 23.2 Å². The van der Waals surface area contributed by atoms with E-state index in [9.17, 15) is 29.4 Å². The molecule has 2 aliphatic carbocycles. The van der Waals surface area contributed by atoms with Crippen LogP contribution in [0, 0.1) is 35.0 Å². The number of esters is 1. The second kappa shape index (κ2) is 9.19. The number of carbonyl (C=O) groups is 4. The van der Waals surface area contributed by atoms with Crippen LogP contribution in [-0.2, 0) is 23.9 Å². The average Bonchev–Trinajstić information content (AvgIpc) is 2.93. The van der Waals surface area contributed by atoms with E-state index in [0.29, 0.717) is 5.92 Å². The van der Waals surface area contributed by atoms with Gasteiger partial charge in [-0.05, 0) is 50.4 Å². The zero-order valence-corrected chi connectivity index (χ0v) is 21.1. The molecule has 1 aliphatic heterocycles. The number of nitrogens with zero attached hydrogens (tertiary/aromatic N) is 1. The van der Waals surface area contributed by atoms with Gasteiger partial charge in [0, 0.05) is 25.3 Å². The van der Waals surface area contributed by atoms with E-state index in [4.69, 9.17) is 4.74 Å². The van der Waals surface area contributed by atoms with Crippen LogP contribution >= 0.6 is 0 Å². The van der Waals surface area contributed by atoms with E-state index < -0.39 is 53.0 Å². The van der Waals surface area contributed by atoms with Gasteiger partial charge >= 0.3 is 11.9 Å². The van der Waals surface area contributed by atoms with Gasteiger partial charge in [0.05, 0.1) is 6.04 Å². The van der Waals surface area contributed by atoms with Crippen molar-refractivity contribution in [2.75, 3.05) is 7.05 Å². The summed E-state index contributed by atoms with van der Waals surface area (Å²) >= 11 is 0. The number of carboxylic acid groups (broad SMARTS) is 1. The molecule has 0 radical (unpaired) electrons. The number of aliphatic carboxylic acids is 1. The smallest absolute Gasteiger partial charge is 0.345 e. The number of ketones is 1. The molecule has 8 heteroatoms. The van der Waals surface area contributed by atoms with Gasteiger partial charge in [-0.2, -0.15) is 0 Å². The van der Waals surface area contributed by atoms with Crippen LogP contribution in [0.2, 0.25) is 0 Å². The SMILES string of the molecule is CC(=O)O[C@H](C(=O)O)[C@@H](C)[C@@H]1C(C)=C[C@@H]2C[C@H](C)CC[C@H]2[C@]1(C)C(O)=C1C(=O)[C@@H](C)N(C)C1=O. The Bertz CT molecular complexity index is 944. The highest BCUT2D eigenvalue weighted by Gasteiger charge is 2.58. The Balaban J connectivity index is 2.24. The quantitative estimate of drug-likeness (QED) is 0.205. The maximum absolute atomic E-state index is 13.1. The molecule has 3 rings (SSSR count). The van der Waals surface area contributed by atoms with Gasteiger partial charge in [0.15, 0.2) is 5.78 Å². The third-order valence-corrected chi connectivity index (χ3v) is 8.57. The minimum Gasteiger partial charge on any atom is -0.511 e. The monoisotopic (exact) mass is 475 g/mol. The van der Waals surface area contributed by atoms with Crippen LogP contribution in [0.3, 0.4) is 0 Å². The summed E-state index contributed by atoms with van der Waals surface area (Å²) < 4.78 is 5.20. The third-order valence-electron chi connectivity index (χ3n) is 8.57. The van der Waals surface area contributed by atoms with Crippen molar-refractivity contribution in [1.82, 2.24) is 4.90 Å². The standard InChI is InChI=1S/C26H37NO7/c1-12-8-9-18-17(10-12)11-13(2)20(14(3)22(25(32)33)34-16(5)28)26(18,6)23(30)19-21(29)15(4)27(7)24(19)31/h11-12,14-15,17-18,20,22,30H,8-10H2,1-7H3,(H,32,33)/t12-,14+,15-,17+,18-,20+,22+,26+/m1/s1. The lowest BCUT2D eigenvalue weighted by Gasteiger charge is -2.54. The first-order valence-corrected chi connectivity index (χ1v) is 12.1. The van der Waals surface area contributed by atoms with Gasteiger partial charge in [0.2, 0.25) is 6.10 Å². The molecule has 1 saturated heterocycles. The van der Waals surface area contributed by atoms with Crippen LogP contribution in [0.25, 0.3) is 0 Å². The molecule has 188 valence electrons. The molecule has 0 aromatic carbocycles. The van der Waals surface area contributed by atoms with Crippen molar-refractivity contribution in [3.8, 4) is 0 Å². The van der Waals surface area contributed by atoms with Gasteiger partial charge in [0.1, 0.15) is 11.3 Å². The van der Waals surface area contributed by atoms with Gasteiger partial charge in [-0.3, -0.25) is 14.4 Å². The molecule has 34 heavy (non-hydrogen) atoms. The Morgan fingerprint density at radius 2 is 1.82 bits per heavy atom. The van der Waals surface area contributed by atoms with E-state index in [1.54, 1.807) is 13.8 Å². The van der Waals surface area contributed by atoms with Crippen molar-refractivity contribution in [1.29, 1.82) is 0 Å². The molecule has 8 nitrogen and oxygen atoms in total. The number of ether oxygens (including phenoxy) is 1. The van der Waals surface area contributed by atoms with E-state index in [1.807, 2.05) is 13.8 Å². The molecule has 2 fully saturated rings. The molecule has 3 aliphatic rings. The number of hydrogen-bond donors (Lipinski definition) is 2. The number of carboxylic acids is 1. The molecule has 1 heterocycles. The largest absolute Gasteiger partial charge is 0.511 e. The second-order valence-corrected chi connectivity index (χ2v) is 10.8. The number of Topliss-reactive ketones (excluding diaryl/α,β-unsaturated/α-hetero) is 1. The summed E-state index contributed by atoms with van der Waals surface area (Å²) in [5, 5.41) is 21.6. The van der Waals surface area contributed by atoms with Crippen LogP contribution < -0.4 is 0 Å². The first-order valence-electron chi connectivity index (χ1n) is 12.1. The van der Waals surface area contributed by atoms with Crippen molar-refractivity contribution >= 4 is 23.6 Å². The minimum absolute atomic E-state index is 0.0964. The normalized spacial score (nSPS) is 37.0. The second-order valence-electron chi connectivity index (χ2n) is 10.8. The Morgan fingerprint density at radius 1 is 1.21 bits per heavy atom. The molecule has 2 N–H and O–H groups in total. The summed E-state index contributed by atoms with van der Waals surface area (Å²) in [6, 6.07) is -0.681. The Morgan fingerprint density at radius 3 is 2.32 bits per heavy atom. The lowest BCUT2D eigenvalue weighted by molar-refractivity contribution is -0.169. The van der Waals surface area contributed by atoms with Crippen LogP contribution in [0.15, 0.2) is 23.0 Å². The maximum Gasteiger partial charge on any atom is 0.345 e. The number of likely N-dealkylation sites (tertiary alicyclic amines) is 1. The van der Waals surface area contributed by atoms with Crippen LogP contribution in [0.4, 0.5) is 0 Å². The summed E-state index contributed by atoms with van der Waals surface area (Å²) in [6.07, 6.45) is 3.33. The fraction of sp³-hybridized carbons (Fsp3) is 0.692.